The number of hydrogen-bond donors (Lipinski definition) is 0. The van der Waals surface area contributed by atoms with Crippen LogP contribution in [0.3, 0.4) is 0 Å². The van der Waals surface area contributed by atoms with E-state index in [0.29, 0.717) is 0 Å². The van der Waals surface area contributed by atoms with Gasteiger partial charge in [0, 0.05) is 28.9 Å². The van der Waals surface area contributed by atoms with Crippen LogP contribution in [-0.2, 0) is 0 Å². The number of aryl methyl sites for hydroxylation is 1. The van der Waals surface area contributed by atoms with Crippen LogP contribution < -0.4 is 0 Å². The van der Waals surface area contributed by atoms with E-state index in [1.165, 1.54) is 24.3 Å². The molecule has 0 saturated carbocycles. The van der Waals surface area contributed by atoms with Crippen LogP contribution >= 0.6 is 0 Å². The Bertz CT molecular complexity index is 1690. The van der Waals surface area contributed by atoms with Crippen LogP contribution in [0, 0.1) is 18.6 Å². The molecule has 0 amide bonds. The first-order valence-electron chi connectivity index (χ1n) is 13.5. The van der Waals surface area contributed by atoms with Gasteiger partial charge in [0.05, 0.1) is 0 Å². The predicted octanol–water partition coefficient (Wildman–Crippen LogP) is 9.42. The smallest absolute Gasteiger partial charge is 0.123 e. The fraction of sp³-hybridized carbons (Fsp3) is 0.0811. The molecule has 0 aliphatic carbocycles. The Labute approximate surface area is 234 Å². The van der Waals surface area contributed by atoms with Crippen LogP contribution in [0.4, 0.5) is 8.78 Å². The Balaban J connectivity index is 1.67. The van der Waals surface area contributed by atoms with Gasteiger partial charge in [-0.05, 0) is 77.2 Å². The van der Waals surface area contributed by atoms with E-state index in [2.05, 4.69) is 54.0 Å². The normalized spacial score (nSPS) is 12.7. The first kappa shape index (κ1) is 25.5. The summed E-state index contributed by atoms with van der Waals surface area (Å²) in [5.74, 6) is -0.794. The van der Waals surface area contributed by atoms with E-state index in [1.807, 2.05) is 78.9 Å². The van der Waals surface area contributed by atoms with Crippen LogP contribution in [0.5, 0.6) is 0 Å². The summed E-state index contributed by atoms with van der Waals surface area (Å²) in [4.78, 5) is 0. The number of aromatic nitrogens is 1. The van der Waals surface area contributed by atoms with Gasteiger partial charge in [-0.1, -0.05) is 103 Å². The highest BCUT2D eigenvalue weighted by Crippen LogP contribution is 2.42. The van der Waals surface area contributed by atoms with Crippen molar-refractivity contribution in [2.24, 2.45) is 0 Å². The van der Waals surface area contributed by atoms with Gasteiger partial charge in [-0.2, -0.15) is 0 Å². The van der Waals surface area contributed by atoms with Crippen molar-refractivity contribution < 1.29 is 8.78 Å². The zero-order valence-electron chi connectivity index (χ0n) is 22.2. The zero-order valence-corrected chi connectivity index (χ0v) is 22.2. The van der Waals surface area contributed by atoms with Crippen molar-refractivity contribution in [2.45, 2.75) is 18.8 Å². The number of hydrogen-bond acceptors (Lipinski definition) is 0. The van der Waals surface area contributed by atoms with Gasteiger partial charge >= 0.3 is 0 Å². The lowest BCUT2D eigenvalue weighted by Gasteiger charge is -2.26. The van der Waals surface area contributed by atoms with E-state index < -0.39 is 0 Å². The number of benzene rings is 5. The molecule has 2 atom stereocenters. The summed E-state index contributed by atoms with van der Waals surface area (Å²) in [6, 6.07) is 46.9. The van der Waals surface area contributed by atoms with Gasteiger partial charge in [0.25, 0.3) is 0 Å². The molecule has 1 nitrogen and oxygen atoms in total. The number of para-hydroxylation sites is 1. The summed E-state index contributed by atoms with van der Waals surface area (Å²) in [7, 11) is 0. The molecule has 0 fully saturated rings. The van der Waals surface area contributed by atoms with Gasteiger partial charge < -0.3 is 4.57 Å². The molecule has 0 spiro atoms. The van der Waals surface area contributed by atoms with E-state index in [-0.39, 0.29) is 23.5 Å². The molecule has 0 N–H and O–H groups in total. The standard InChI is InChI=1S/C37H29F2N/c1-26-25-34(35(27-11-5-2-6-12-27)29-17-21-31(38)22-18-29)40(33-15-9-4-10-16-33)37(26)36(28-13-7-3-8-14-28)30-19-23-32(39)24-20-30/h2-25,35-36H,1H3. The first-order chi connectivity index (χ1) is 19.6. The van der Waals surface area contributed by atoms with Gasteiger partial charge in [-0.3, -0.25) is 0 Å². The molecule has 5 aromatic carbocycles. The summed E-state index contributed by atoms with van der Waals surface area (Å²) in [6.45, 7) is 2.14. The highest BCUT2D eigenvalue weighted by Gasteiger charge is 2.29. The molecule has 1 aromatic heterocycles. The van der Waals surface area contributed by atoms with Gasteiger partial charge in [0.2, 0.25) is 0 Å². The van der Waals surface area contributed by atoms with Gasteiger partial charge in [0.1, 0.15) is 11.6 Å². The molecule has 0 saturated heterocycles. The fourth-order valence-electron chi connectivity index (χ4n) is 5.75. The van der Waals surface area contributed by atoms with E-state index in [4.69, 9.17) is 0 Å². The monoisotopic (exact) mass is 525 g/mol. The molecule has 2 unspecified atom stereocenters. The van der Waals surface area contributed by atoms with Crippen LogP contribution in [0.25, 0.3) is 5.69 Å². The zero-order chi connectivity index (χ0) is 27.5. The molecule has 196 valence electrons. The number of rotatable bonds is 7. The topological polar surface area (TPSA) is 4.93 Å². The highest BCUT2D eigenvalue weighted by molar-refractivity contribution is 5.54. The minimum Gasteiger partial charge on any atom is -0.316 e. The second-order valence-corrected chi connectivity index (χ2v) is 10.1. The SMILES string of the molecule is Cc1cc(C(c2ccccc2)c2ccc(F)cc2)n(-c2ccccc2)c1C(c1ccccc1)c1ccc(F)cc1. The Morgan fingerprint density at radius 2 is 0.875 bits per heavy atom. The molecule has 6 aromatic rings. The van der Waals surface area contributed by atoms with E-state index in [1.54, 1.807) is 0 Å². The number of nitrogens with zero attached hydrogens (tertiary/aromatic N) is 1. The van der Waals surface area contributed by atoms with Crippen molar-refractivity contribution in [3.8, 4) is 5.69 Å². The van der Waals surface area contributed by atoms with Gasteiger partial charge in [0.15, 0.2) is 0 Å². The molecular weight excluding hydrogens is 496 g/mol. The average Bonchev–Trinajstić information content (AvgIpc) is 3.32. The maximum absolute atomic E-state index is 14.1. The Kier molecular flexibility index (Phi) is 7.11. The average molecular weight is 526 g/mol. The van der Waals surface area contributed by atoms with E-state index in [9.17, 15) is 8.78 Å². The largest absolute Gasteiger partial charge is 0.316 e. The molecule has 0 bridgehead atoms. The van der Waals surface area contributed by atoms with E-state index >= 15 is 0 Å². The lowest BCUT2D eigenvalue weighted by molar-refractivity contribution is 0.626. The lowest BCUT2D eigenvalue weighted by Crippen LogP contribution is -2.15. The Hall–Kier alpha value is -4.76. The van der Waals surface area contributed by atoms with Crippen molar-refractivity contribution >= 4 is 0 Å². The maximum Gasteiger partial charge on any atom is 0.123 e. The Morgan fingerprint density at radius 1 is 0.475 bits per heavy atom. The van der Waals surface area contributed by atoms with Crippen LogP contribution in [0.2, 0.25) is 0 Å². The summed E-state index contributed by atoms with van der Waals surface area (Å²) < 4.78 is 30.5. The van der Waals surface area contributed by atoms with Crippen molar-refractivity contribution in [3.63, 3.8) is 0 Å². The molecular formula is C37H29F2N. The van der Waals surface area contributed by atoms with Crippen molar-refractivity contribution in [3.05, 3.63) is 196 Å². The molecule has 6 rings (SSSR count). The van der Waals surface area contributed by atoms with Crippen molar-refractivity contribution in [1.29, 1.82) is 0 Å². The fourth-order valence-corrected chi connectivity index (χ4v) is 5.75. The summed E-state index contributed by atoms with van der Waals surface area (Å²) >= 11 is 0. The number of halogens is 2. The quantitative estimate of drug-likeness (QED) is 0.196. The van der Waals surface area contributed by atoms with E-state index in [0.717, 1.165) is 44.9 Å². The second kappa shape index (κ2) is 11.2. The summed E-state index contributed by atoms with van der Waals surface area (Å²) in [6.07, 6.45) is 0. The van der Waals surface area contributed by atoms with Crippen LogP contribution in [0.1, 0.15) is 51.0 Å². The van der Waals surface area contributed by atoms with Gasteiger partial charge in [-0.25, -0.2) is 8.78 Å². The molecule has 40 heavy (non-hydrogen) atoms. The van der Waals surface area contributed by atoms with Crippen LogP contribution in [0.15, 0.2) is 146 Å². The minimum atomic E-state index is -0.258. The second-order valence-electron chi connectivity index (χ2n) is 10.1. The summed E-state index contributed by atoms with van der Waals surface area (Å²) in [5, 5.41) is 0. The first-order valence-corrected chi connectivity index (χ1v) is 13.5. The Morgan fingerprint density at radius 3 is 1.38 bits per heavy atom. The third-order valence-electron chi connectivity index (χ3n) is 7.52. The third kappa shape index (κ3) is 4.99. The van der Waals surface area contributed by atoms with Crippen molar-refractivity contribution in [2.75, 3.05) is 0 Å². The van der Waals surface area contributed by atoms with Crippen LogP contribution in [-0.4, -0.2) is 4.57 Å². The molecule has 0 aliphatic rings. The third-order valence-corrected chi connectivity index (χ3v) is 7.52. The maximum atomic E-state index is 14.1. The summed E-state index contributed by atoms with van der Waals surface area (Å²) in [5.41, 5.74) is 8.61. The predicted molar refractivity (Wildman–Crippen MR) is 158 cm³/mol. The molecule has 1 heterocycles. The molecule has 0 radical (unpaired) electrons. The highest BCUT2D eigenvalue weighted by atomic mass is 19.1. The molecule has 3 heteroatoms. The molecule has 0 aliphatic heterocycles. The lowest BCUT2D eigenvalue weighted by atomic mass is 9.87. The van der Waals surface area contributed by atoms with Gasteiger partial charge in [-0.15, -0.1) is 0 Å². The minimum absolute atomic E-state index is 0.139. The van der Waals surface area contributed by atoms with Crippen molar-refractivity contribution in [1.82, 2.24) is 4.57 Å².